The topological polar surface area (TPSA) is 28.2 Å². The molecule has 3 unspecified atom stereocenters. The molecule has 3 nitrogen and oxygen atoms in total. The van der Waals surface area contributed by atoms with Gasteiger partial charge < -0.3 is 5.32 Å². The van der Waals surface area contributed by atoms with Crippen LogP contribution in [0.3, 0.4) is 0 Å². The molecule has 0 aliphatic carbocycles. The summed E-state index contributed by atoms with van der Waals surface area (Å²) in [4.78, 5) is 6.80. The number of pyridine rings is 1. The van der Waals surface area contributed by atoms with Gasteiger partial charge in [-0.1, -0.05) is 19.9 Å². The Labute approximate surface area is 111 Å². The Bertz CT molecular complexity index is 352. The molecule has 1 aromatic rings. The second-order valence-electron chi connectivity index (χ2n) is 5.39. The molecular weight excluding hydrogens is 222 g/mol. The van der Waals surface area contributed by atoms with Gasteiger partial charge in [0.15, 0.2) is 0 Å². The van der Waals surface area contributed by atoms with E-state index < -0.39 is 0 Å². The van der Waals surface area contributed by atoms with Crippen LogP contribution in [0.2, 0.25) is 0 Å². The maximum Gasteiger partial charge on any atom is 0.0335 e. The van der Waals surface area contributed by atoms with Crippen LogP contribution in [0.4, 0.5) is 0 Å². The van der Waals surface area contributed by atoms with Crippen LogP contribution in [0, 0.1) is 5.92 Å². The minimum Gasteiger partial charge on any atom is -0.314 e. The minimum absolute atomic E-state index is 0.476. The highest BCUT2D eigenvalue weighted by Crippen LogP contribution is 2.26. The molecule has 1 aliphatic rings. The second-order valence-corrected chi connectivity index (χ2v) is 5.39. The molecule has 2 rings (SSSR count). The number of nitrogens with zero attached hydrogens (tertiary/aromatic N) is 2. The van der Waals surface area contributed by atoms with Gasteiger partial charge in [-0.25, -0.2) is 0 Å². The first kappa shape index (κ1) is 13.5. The van der Waals surface area contributed by atoms with E-state index in [1.807, 2.05) is 18.5 Å². The van der Waals surface area contributed by atoms with E-state index in [4.69, 9.17) is 0 Å². The summed E-state index contributed by atoms with van der Waals surface area (Å²) in [5, 5.41) is 3.59. The van der Waals surface area contributed by atoms with Crippen LogP contribution in [0.25, 0.3) is 0 Å². The smallest absolute Gasteiger partial charge is 0.0335 e. The molecule has 0 saturated carbocycles. The molecule has 0 amide bonds. The van der Waals surface area contributed by atoms with Crippen LogP contribution in [0.1, 0.15) is 38.8 Å². The molecule has 0 radical (unpaired) electrons. The van der Waals surface area contributed by atoms with Crippen molar-refractivity contribution in [3.63, 3.8) is 0 Å². The third kappa shape index (κ3) is 3.09. The molecule has 3 atom stereocenters. The summed E-state index contributed by atoms with van der Waals surface area (Å²) in [5.74, 6) is 0.720. The number of hydrogen-bond acceptors (Lipinski definition) is 3. The Kier molecular flexibility index (Phi) is 4.72. The Balaban J connectivity index is 1.96. The van der Waals surface area contributed by atoms with Crippen molar-refractivity contribution in [1.82, 2.24) is 15.2 Å². The largest absolute Gasteiger partial charge is 0.314 e. The normalized spacial score (nSPS) is 27.1. The number of rotatable bonds is 4. The Morgan fingerprint density at radius 2 is 2.39 bits per heavy atom. The van der Waals surface area contributed by atoms with E-state index in [0.29, 0.717) is 12.1 Å². The van der Waals surface area contributed by atoms with E-state index in [9.17, 15) is 0 Å². The van der Waals surface area contributed by atoms with E-state index in [1.165, 1.54) is 25.1 Å². The molecule has 3 heteroatoms. The van der Waals surface area contributed by atoms with Crippen LogP contribution >= 0.6 is 0 Å². The third-order valence-corrected chi connectivity index (χ3v) is 4.12. The fraction of sp³-hybridized carbons (Fsp3) is 0.667. The number of likely N-dealkylation sites (tertiary alicyclic amines) is 1. The fourth-order valence-electron chi connectivity index (χ4n) is 2.93. The lowest BCUT2D eigenvalue weighted by molar-refractivity contribution is 0.112. The van der Waals surface area contributed by atoms with Crippen molar-refractivity contribution in [2.24, 2.45) is 5.92 Å². The highest BCUT2D eigenvalue weighted by atomic mass is 15.2. The van der Waals surface area contributed by atoms with E-state index in [2.05, 4.69) is 42.0 Å². The zero-order valence-corrected chi connectivity index (χ0v) is 11.8. The maximum absolute atomic E-state index is 4.22. The van der Waals surface area contributed by atoms with Gasteiger partial charge in [0.25, 0.3) is 0 Å². The van der Waals surface area contributed by atoms with Crippen molar-refractivity contribution in [2.75, 3.05) is 19.6 Å². The molecule has 0 bridgehead atoms. The van der Waals surface area contributed by atoms with Crippen molar-refractivity contribution in [1.29, 1.82) is 0 Å². The average Bonchev–Trinajstić information content (AvgIpc) is 2.41. The quantitative estimate of drug-likeness (QED) is 0.886. The van der Waals surface area contributed by atoms with Gasteiger partial charge in [-0.15, -0.1) is 0 Å². The molecule has 1 aromatic heterocycles. The summed E-state index contributed by atoms with van der Waals surface area (Å²) in [7, 11) is 0. The lowest BCUT2D eigenvalue weighted by Gasteiger charge is -2.40. The zero-order chi connectivity index (χ0) is 13.0. The van der Waals surface area contributed by atoms with Gasteiger partial charge in [0, 0.05) is 37.6 Å². The van der Waals surface area contributed by atoms with Gasteiger partial charge in [-0.2, -0.15) is 0 Å². The van der Waals surface area contributed by atoms with Gasteiger partial charge in [0.2, 0.25) is 0 Å². The standard InChI is InChI=1S/C15H25N3/c1-4-17-15-7-9-18(11-12(15)2)13(3)14-6-5-8-16-10-14/h5-6,8,10,12-13,15,17H,4,7,9,11H2,1-3H3. The minimum atomic E-state index is 0.476. The summed E-state index contributed by atoms with van der Waals surface area (Å²) in [6, 6.07) is 5.37. The lowest BCUT2D eigenvalue weighted by Crippen LogP contribution is -2.48. The maximum atomic E-state index is 4.22. The number of nitrogens with one attached hydrogen (secondary N) is 1. The van der Waals surface area contributed by atoms with Gasteiger partial charge in [-0.3, -0.25) is 9.88 Å². The lowest BCUT2D eigenvalue weighted by atomic mass is 9.92. The van der Waals surface area contributed by atoms with E-state index in [1.54, 1.807) is 0 Å². The summed E-state index contributed by atoms with van der Waals surface area (Å²) >= 11 is 0. The van der Waals surface area contributed by atoms with Gasteiger partial charge in [-0.05, 0) is 37.4 Å². The molecule has 0 aromatic carbocycles. The monoisotopic (exact) mass is 247 g/mol. The fourth-order valence-corrected chi connectivity index (χ4v) is 2.93. The van der Waals surface area contributed by atoms with E-state index in [-0.39, 0.29) is 0 Å². The van der Waals surface area contributed by atoms with Crippen LogP contribution in [-0.4, -0.2) is 35.6 Å². The van der Waals surface area contributed by atoms with E-state index in [0.717, 1.165) is 12.5 Å². The Hall–Kier alpha value is -0.930. The molecule has 18 heavy (non-hydrogen) atoms. The molecule has 2 heterocycles. The summed E-state index contributed by atoms with van der Waals surface area (Å²) in [6.45, 7) is 10.3. The van der Waals surface area contributed by atoms with E-state index >= 15 is 0 Å². The van der Waals surface area contributed by atoms with Crippen molar-refractivity contribution in [3.05, 3.63) is 30.1 Å². The van der Waals surface area contributed by atoms with Gasteiger partial charge in [0.05, 0.1) is 0 Å². The number of hydrogen-bond donors (Lipinski definition) is 1. The molecular formula is C15H25N3. The highest BCUT2D eigenvalue weighted by molar-refractivity contribution is 5.13. The van der Waals surface area contributed by atoms with Crippen LogP contribution in [0.5, 0.6) is 0 Å². The Morgan fingerprint density at radius 3 is 3.00 bits per heavy atom. The average molecular weight is 247 g/mol. The summed E-state index contributed by atoms with van der Waals surface area (Å²) in [6.07, 6.45) is 5.08. The predicted octanol–water partition coefficient (Wildman–Crippen LogP) is 2.46. The molecule has 1 N–H and O–H groups in total. The van der Waals surface area contributed by atoms with Crippen LogP contribution in [0.15, 0.2) is 24.5 Å². The van der Waals surface area contributed by atoms with Gasteiger partial charge in [0.1, 0.15) is 0 Å². The van der Waals surface area contributed by atoms with Crippen molar-refractivity contribution in [3.8, 4) is 0 Å². The molecule has 1 fully saturated rings. The first-order chi connectivity index (χ1) is 8.72. The van der Waals surface area contributed by atoms with Gasteiger partial charge >= 0.3 is 0 Å². The van der Waals surface area contributed by atoms with Crippen molar-refractivity contribution >= 4 is 0 Å². The predicted molar refractivity (Wildman–Crippen MR) is 75.5 cm³/mol. The molecule has 100 valence electrons. The number of piperidine rings is 1. The van der Waals surface area contributed by atoms with Crippen LogP contribution < -0.4 is 5.32 Å². The van der Waals surface area contributed by atoms with Crippen molar-refractivity contribution in [2.45, 2.75) is 39.3 Å². The zero-order valence-electron chi connectivity index (χ0n) is 11.8. The molecule has 1 aliphatic heterocycles. The van der Waals surface area contributed by atoms with Crippen molar-refractivity contribution < 1.29 is 0 Å². The SMILES string of the molecule is CCNC1CCN(C(C)c2cccnc2)CC1C. The first-order valence-electron chi connectivity index (χ1n) is 7.09. The third-order valence-electron chi connectivity index (χ3n) is 4.12. The van der Waals surface area contributed by atoms with Crippen LogP contribution in [-0.2, 0) is 0 Å². The molecule has 1 saturated heterocycles. The Morgan fingerprint density at radius 1 is 1.56 bits per heavy atom. The molecule has 0 spiro atoms. The highest BCUT2D eigenvalue weighted by Gasteiger charge is 2.28. The second kappa shape index (κ2) is 6.30. The first-order valence-corrected chi connectivity index (χ1v) is 7.09. The summed E-state index contributed by atoms with van der Waals surface area (Å²) < 4.78 is 0. The summed E-state index contributed by atoms with van der Waals surface area (Å²) in [5.41, 5.74) is 1.33. The number of aromatic nitrogens is 1.